The number of halogens is 1. The van der Waals surface area contributed by atoms with Crippen LogP contribution in [-0.2, 0) is 4.79 Å². The van der Waals surface area contributed by atoms with Crippen molar-refractivity contribution in [2.45, 2.75) is 12.8 Å². The first kappa shape index (κ1) is 16.5. The largest absolute Gasteiger partial charge is 0.494 e. The SMILES string of the molecule is CNCC1CCN(C(=O)/C=C/c2ccc(OC)c(F)c2)CC1. The van der Waals surface area contributed by atoms with Gasteiger partial charge >= 0.3 is 0 Å². The number of piperidine rings is 1. The van der Waals surface area contributed by atoms with Crippen molar-refractivity contribution in [2.24, 2.45) is 5.92 Å². The second-order valence-corrected chi connectivity index (χ2v) is 5.55. The maximum atomic E-state index is 13.6. The van der Waals surface area contributed by atoms with Gasteiger partial charge in [0.25, 0.3) is 0 Å². The first-order chi connectivity index (χ1) is 10.6. The molecule has 0 saturated carbocycles. The molecule has 0 bridgehead atoms. The van der Waals surface area contributed by atoms with Gasteiger partial charge in [-0.1, -0.05) is 6.07 Å². The number of rotatable bonds is 5. The molecule has 4 nitrogen and oxygen atoms in total. The van der Waals surface area contributed by atoms with Crippen LogP contribution in [0.1, 0.15) is 18.4 Å². The Bertz CT molecular complexity index is 537. The third kappa shape index (κ3) is 4.31. The number of nitrogens with one attached hydrogen (secondary N) is 1. The highest BCUT2D eigenvalue weighted by Crippen LogP contribution is 2.19. The number of nitrogens with zero attached hydrogens (tertiary/aromatic N) is 1. The van der Waals surface area contributed by atoms with Crippen LogP contribution in [0.5, 0.6) is 5.75 Å². The Kier molecular flexibility index (Phi) is 5.95. The molecule has 1 amide bonds. The molecule has 120 valence electrons. The molecule has 0 aromatic heterocycles. The normalized spacial score (nSPS) is 16.2. The number of amides is 1. The van der Waals surface area contributed by atoms with Gasteiger partial charge in [-0.2, -0.15) is 0 Å². The van der Waals surface area contributed by atoms with Crippen LogP contribution in [-0.4, -0.2) is 44.6 Å². The minimum Gasteiger partial charge on any atom is -0.494 e. The van der Waals surface area contributed by atoms with Crippen LogP contribution in [0.4, 0.5) is 4.39 Å². The first-order valence-electron chi connectivity index (χ1n) is 7.59. The Balaban J connectivity index is 1.90. The summed E-state index contributed by atoms with van der Waals surface area (Å²) in [5.41, 5.74) is 0.650. The smallest absolute Gasteiger partial charge is 0.246 e. The molecule has 5 heteroatoms. The van der Waals surface area contributed by atoms with Crippen molar-refractivity contribution in [3.63, 3.8) is 0 Å². The summed E-state index contributed by atoms with van der Waals surface area (Å²) >= 11 is 0. The molecule has 1 aliphatic heterocycles. The summed E-state index contributed by atoms with van der Waals surface area (Å²) in [4.78, 5) is 14.0. The number of benzene rings is 1. The van der Waals surface area contributed by atoms with Crippen LogP contribution in [0, 0.1) is 11.7 Å². The standard InChI is InChI=1S/C17H23FN2O2/c1-19-12-14-7-9-20(10-8-14)17(21)6-4-13-3-5-16(22-2)15(18)11-13/h3-6,11,14,19H,7-10,12H2,1-2H3/b6-4+. The summed E-state index contributed by atoms with van der Waals surface area (Å²) in [6.07, 6.45) is 5.21. The van der Waals surface area contributed by atoms with Crippen molar-refractivity contribution in [3.05, 3.63) is 35.7 Å². The molecule has 1 saturated heterocycles. The lowest BCUT2D eigenvalue weighted by molar-refractivity contribution is -0.127. The lowest BCUT2D eigenvalue weighted by atomic mass is 9.97. The zero-order chi connectivity index (χ0) is 15.9. The van der Waals surface area contributed by atoms with E-state index in [-0.39, 0.29) is 11.7 Å². The van der Waals surface area contributed by atoms with Crippen molar-refractivity contribution in [1.29, 1.82) is 0 Å². The Morgan fingerprint density at radius 2 is 2.18 bits per heavy atom. The Morgan fingerprint density at radius 3 is 2.77 bits per heavy atom. The molecule has 0 atom stereocenters. The Morgan fingerprint density at radius 1 is 1.45 bits per heavy atom. The van der Waals surface area contributed by atoms with Gasteiger partial charge in [0.1, 0.15) is 0 Å². The molecule has 1 aliphatic rings. The van der Waals surface area contributed by atoms with E-state index in [1.54, 1.807) is 18.2 Å². The topological polar surface area (TPSA) is 41.6 Å². The number of hydrogen-bond donors (Lipinski definition) is 1. The average molecular weight is 306 g/mol. The van der Waals surface area contributed by atoms with Crippen LogP contribution < -0.4 is 10.1 Å². The Hall–Kier alpha value is -1.88. The Labute approximate surface area is 131 Å². The monoisotopic (exact) mass is 306 g/mol. The van der Waals surface area contributed by atoms with E-state index in [9.17, 15) is 9.18 Å². The number of likely N-dealkylation sites (tertiary alicyclic amines) is 1. The van der Waals surface area contributed by atoms with Crippen LogP contribution in [0.25, 0.3) is 6.08 Å². The molecular formula is C17H23FN2O2. The van der Waals surface area contributed by atoms with Crippen LogP contribution >= 0.6 is 0 Å². The van der Waals surface area contributed by atoms with Crippen molar-refractivity contribution >= 4 is 12.0 Å². The maximum absolute atomic E-state index is 13.6. The molecule has 1 aromatic carbocycles. The fourth-order valence-electron chi connectivity index (χ4n) is 2.71. The first-order valence-corrected chi connectivity index (χ1v) is 7.59. The highest BCUT2D eigenvalue weighted by molar-refractivity contribution is 5.91. The molecule has 1 N–H and O–H groups in total. The highest BCUT2D eigenvalue weighted by atomic mass is 19.1. The van der Waals surface area contributed by atoms with Gasteiger partial charge in [-0.25, -0.2) is 4.39 Å². The van der Waals surface area contributed by atoms with Gasteiger partial charge in [0.15, 0.2) is 11.6 Å². The lowest BCUT2D eigenvalue weighted by Crippen LogP contribution is -2.39. The van der Waals surface area contributed by atoms with Crippen LogP contribution in [0.2, 0.25) is 0 Å². The molecule has 1 aromatic rings. The summed E-state index contributed by atoms with van der Waals surface area (Å²) < 4.78 is 18.5. The molecule has 22 heavy (non-hydrogen) atoms. The molecule has 1 heterocycles. The quantitative estimate of drug-likeness (QED) is 0.849. The van der Waals surface area contributed by atoms with Gasteiger partial charge in [0.2, 0.25) is 5.91 Å². The molecule has 0 unspecified atom stereocenters. The summed E-state index contributed by atoms with van der Waals surface area (Å²) in [6.45, 7) is 2.57. The van der Waals surface area contributed by atoms with E-state index >= 15 is 0 Å². The minimum absolute atomic E-state index is 0.0147. The van der Waals surface area contributed by atoms with Crippen LogP contribution in [0.15, 0.2) is 24.3 Å². The molecule has 0 spiro atoms. The fraction of sp³-hybridized carbons (Fsp3) is 0.471. The number of carbonyl (C=O) groups is 1. The number of hydrogen-bond acceptors (Lipinski definition) is 3. The van der Waals surface area contributed by atoms with E-state index in [0.717, 1.165) is 32.5 Å². The fourth-order valence-corrected chi connectivity index (χ4v) is 2.71. The molecule has 0 aliphatic carbocycles. The predicted molar refractivity (Wildman–Crippen MR) is 85.2 cm³/mol. The summed E-state index contributed by atoms with van der Waals surface area (Å²) in [7, 11) is 3.38. The number of methoxy groups -OCH3 is 1. The van der Waals surface area contributed by atoms with E-state index < -0.39 is 5.82 Å². The number of ether oxygens (including phenoxy) is 1. The summed E-state index contributed by atoms with van der Waals surface area (Å²) in [5.74, 6) is 0.410. The average Bonchev–Trinajstić information content (AvgIpc) is 2.54. The summed E-state index contributed by atoms with van der Waals surface area (Å²) in [5, 5.41) is 3.18. The predicted octanol–water partition coefficient (Wildman–Crippen LogP) is 2.31. The van der Waals surface area contributed by atoms with E-state index in [1.165, 1.54) is 19.3 Å². The summed E-state index contributed by atoms with van der Waals surface area (Å²) in [6, 6.07) is 4.65. The highest BCUT2D eigenvalue weighted by Gasteiger charge is 2.20. The van der Waals surface area contributed by atoms with Crippen molar-refractivity contribution in [1.82, 2.24) is 10.2 Å². The third-order valence-corrected chi connectivity index (χ3v) is 4.01. The molecular weight excluding hydrogens is 283 g/mol. The van der Waals surface area contributed by atoms with Crippen LogP contribution in [0.3, 0.4) is 0 Å². The molecule has 1 fully saturated rings. The zero-order valence-electron chi connectivity index (χ0n) is 13.1. The van der Waals surface area contributed by atoms with Gasteiger partial charge in [0, 0.05) is 19.2 Å². The van der Waals surface area contributed by atoms with E-state index in [4.69, 9.17) is 4.74 Å². The van der Waals surface area contributed by atoms with Gasteiger partial charge < -0.3 is 15.0 Å². The molecule has 0 radical (unpaired) electrons. The minimum atomic E-state index is -0.426. The maximum Gasteiger partial charge on any atom is 0.246 e. The van der Waals surface area contributed by atoms with Gasteiger partial charge in [-0.15, -0.1) is 0 Å². The lowest BCUT2D eigenvalue weighted by Gasteiger charge is -2.31. The van der Waals surface area contributed by atoms with Crippen molar-refractivity contribution < 1.29 is 13.9 Å². The number of carbonyl (C=O) groups excluding carboxylic acids is 1. The van der Waals surface area contributed by atoms with E-state index in [1.807, 2.05) is 11.9 Å². The van der Waals surface area contributed by atoms with Crippen molar-refractivity contribution in [3.8, 4) is 5.75 Å². The van der Waals surface area contributed by atoms with E-state index in [2.05, 4.69) is 5.32 Å². The second kappa shape index (κ2) is 7.94. The molecule has 2 rings (SSSR count). The third-order valence-electron chi connectivity index (χ3n) is 4.01. The van der Waals surface area contributed by atoms with Gasteiger partial charge in [-0.3, -0.25) is 4.79 Å². The van der Waals surface area contributed by atoms with E-state index in [0.29, 0.717) is 11.5 Å². The second-order valence-electron chi connectivity index (χ2n) is 5.55. The van der Waals surface area contributed by atoms with Crippen molar-refractivity contribution in [2.75, 3.05) is 33.8 Å². The van der Waals surface area contributed by atoms with Gasteiger partial charge in [0.05, 0.1) is 7.11 Å². The van der Waals surface area contributed by atoms with Gasteiger partial charge in [-0.05, 0) is 56.1 Å². The zero-order valence-corrected chi connectivity index (χ0v) is 13.1.